The highest BCUT2D eigenvalue weighted by Crippen LogP contribution is 2.38. The molecule has 1 saturated heterocycles. The summed E-state index contributed by atoms with van der Waals surface area (Å²) in [6, 6.07) is 6.10. The smallest absolute Gasteiger partial charge is 0.267 e. The van der Waals surface area contributed by atoms with E-state index in [4.69, 9.17) is 0 Å². The molecule has 1 amide bonds. The molecule has 0 saturated carbocycles. The molecule has 1 aliphatic heterocycles. The minimum absolute atomic E-state index is 0.156. The van der Waals surface area contributed by atoms with E-state index in [-0.39, 0.29) is 4.90 Å². The third kappa shape index (κ3) is 1.58. The molecule has 5 heteroatoms. The van der Waals surface area contributed by atoms with Crippen molar-refractivity contribution in [3.8, 4) is 0 Å². The number of nitrogens with zero attached hydrogens (tertiary/aromatic N) is 1. The molecule has 2 aliphatic rings. The summed E-state index contributed by atoms with van der Waals surface area (Å²) in [7, 11) is -3.75. The monoisotopic (exact) mass is 275 g/mol. The van der Waals surface area contributed by atoms with Crippen molar-refractivity contribution in [2.75, 3.05) is 0 Å². The molecule has 1 aliphatic carbocycles. The zero-order chi connectivity index (χ0) is 13.8. The average Bonchev–Trinajstić information content (AvgIpc) is 2.65. The third-order valence-corrected chi connectivity index (χ3v) is 5.29. The van der Waals surface area contributed by atoms with Crippen LogP contribution in [0.5, 0.6) is 0 Å². The molecule has 0 bridgehead atoms. The Morgan fingerprint density at radius 1 is 1.11 bits per heavy atom. The Morgan fingerprint density at radius 2 is 1.74 bits per heavy atom. The van der Waals surface area contributed by atoms with Crippen LogP contribution in [-0.2, 0) is 14.8 Å². The van der Waals surface area contributed by atoms with Crippen molar-refractivity contribution in [3.63, 3.8) is 0 Å². The van der Waals surface area contributed by atoms with Gasteiger partial charge in [0.05, 0.1) is 10.9 Å². The maximum Gasteiger partial charge on any atom is 0.267 e. The van der Waals surface area contributed by atoms with Gasteiger partial charge in [-0.25, -0.2) is 12.7 Å². The van der Waals surface area contributed by atoms with Gasteiger partial charge in [-0.1, -0.05) is 29.8 Å². The Morgan fingerprint density at radius 3 is 2.37 bits per heavy atom. The summed E-state index contributed by atoms with van der Waals surface area (Å²) in [5, 5.41) is 0. The fourth-order valence-corrected chi connectivity index (χ4v) is 3.91. The van der Waals surface area contributed by atoms with Crippen molar-refractivity contribution in [2.24, 2.45) is 0 Å². The molecule has 19 heavy (non-hydrogen) atoms. The Hall–Kier alpha value is -1.88. The fraction of sp³-hybridized carbons (Fsp3) is 0.214. The fourth-order valence-electron chi connectivity index (χ4n) is 2.41. The zero-order valence-electron chi connectivity index (χ0n) is 10.6. The van der Waals surface area contributed by atoms with Gasteiger partial charge in [-0.15, -0.1) is 0 Å². The van der Waals surface area contributed by atoms with Gasteiger partial charge >= 0.3 is 0 Å². The summed E-state index contributed by atoms with van der Waals surface area (Å²) >= 11 is 0. The maximum absolute atomic E-state index is 12.4. The van der Waals surface area contributed by atoms with Gasteiger partial charge in [-0.2, -0.15) is 0 Å². The van der Waals surface area contributed by atoms with Crippen molar-refractivity contribution in [1.82, 2.24) is 4.31 Å². The van der Waals surface area contributed by atoms with E-state index in [2.05, 4.69) is 0 Å². The van der Waals surface area contributed by atoms with Crippen LogP contribution in [-0.4, -0.2) is 24.7 Å². The maximum atomic E-state index is 12.4. The molecular formula is C14H13NO3S. The first-order valence-electron chi connectivity index (χ1n) is 5.97. The molecule has 0 aromatic heterocycles. The van der Waals surface area contributed by atoms with Crippen LogP contribution >= 0.6 is 0 Å². The van der Waals surface area contributed by atoms with Crippen LogP contribution in [0.4, 0.5) is 0 Å². The first kappa shape index (κ1) is 12.2. The normalized spacial score (nSPS) is 21.7. The van der Waals surface area contributed by atoms with Gasteiger partial charge in [0.15, 0.2) is 0 Å². The molecule has 4 nitrogen and oxygen atoms in total. The van der Waals surface area contributed by atoms with Gasteiger partial charge in [0.2, 0.25) is 0 Å². The predicted octanol–water partition coefficient (Wildman–Crippen LogP) is 1.78. The van der Waals surface area contributed by atoms with Crippen LogP contribution in [0.15, 0.2) is 52.5 Å². The number of carbonyl (C=O) groups excluding carboxylic acids is 1. The van der Waals surface area contributed by atoms with Gasteiger partial charge in [-0.3, -0.25) is 4.79 Å². The summed E-state index contributed by atoms with van der Waals surface area (Å²) in [5.74, 6) is -0.409. The molecule has 0 N–H and O–H groups in total. The number of rotatable bonds is 2. The molecule has 3 rings (SSSR count). The molecule has 1 heterocycles. The van der Waals surface area contributed by atoms with Gasteiger partial charge in [0.25, 0.3) is 15.9 Å². The number of allylic oxidation sites excluding steroid dienone is 2. The molecule has 1 aromatic rings. The highest BCUT2D eigenvalue weighted by Gasteiger charge is 2.50. The van der Waals surface area contributed by atoms with Gasteiger partial charge in [0.1, 0.15) is 0 Å². The van der Waals surface area contributed by atoms with Gasteiger partial charge in [-0.05, 0) is 31.6 Å². The third-order valence-electron chi connectivity index (χ3n) is 3.51. The summed E-state index contributed by atoms with van der Waals surface area (Å²) in [6.45, 7) is 3.70. The first-order chi connectivity index (χ1) is 8.93. The lowest BCUT2D eigenvalue weighted by molar-refractivity contribution is -0.128. The van der Waals surface area contributed by atoms with E-state index in [1.165, 1.54) is 12.1 Å². The minimum atomic E-state index is -3.75. The van der Waals surface area contributed by atoms with E-state index in [0.717, 1.165) is 15.4 Å². The molecule has 98 valence electrons. The van der Waals surface area contributed by atoms with E-state index in [1.54, 1.807) is 24.3 Å². The lowest BCUT2D eigenvalue weighted by atomic mass is 10.00. The molecule has 0 radical (unpaired) electrons. The highest BCUT2D eigenvalue weighted by molar-refractivity contribution is 7.89. The quantitative estimate of drug-likeness (QED) is 0.773. The number of benzene rings is 1. The SMILES string of the molecule is CC1=C2C(=O)N(S(=O)(=O)c3ccc(C)cc3)C2C=C1. The van der Waals surface area contributed by atoms with Crippen molar-refractivity contribution < 1.29 is 13.2 Å². The van der Waals surface area contributed by atoms with Crippen molar-refractivity contribution in [2.45, 2.75) is 24.8 Å². The Bertz CT molecular complexity index is 726. The summed E-state index contributed by atoms with van der Waals surface area (Å²) < 4.78 is 25.8. The summed E-state index contributed by atoms with van der Waals surface area (Å²) in [6.07, 6.45) is 3.54. The minimum Gasteiger partial charge on any atom is -0.268 e. The largest absolute Gasteiger partial charge is 0.268 e. The van der Waals surface area contributed by atoms with Crippen LogP contribution in [0.1, 0.15) is 12.5 Å². The van der Waals surface area contributed by atoms with Crippen molar-refractivity contribution >= 4 is 15.9 Å². The van der Waals surface area contributed by atoms with E-state index in [0.29, 0.717) is 5.57 Å². The van der Waals surface area contributed by atoms with Crippen LogP contribution in [0, 0.1) is 6.92 Å². The number of hydrogen-bond acceptors (Lipinski definition) is 3. The van der Waals surface area contributed by atoms with E-state index in [1.807, 2.05) is 13.8 Å². The van der Waals surface area contributed by atoms with Crippen LogP contribution in [0.2, 0.25) is 0 Å². The number of amides is 1. The van der Waals surface area contributed by atoms with Crippen LogP contribution in [0.3, 0.4) is 0 Å². The second-order valence-electron chi connectivity index (χ2n) is 4.82. The Balaban J connectivity index is 2.02. The Kier molecular flexibility index (Phi) is 2.44. The van der Waals surface area contributed by atoms with Crippen molar-refractivity contribution in [1.29, 1.82) is 0 Å². The molecule has 1 atom stereocenters. The first-order valence-corrected chi connectivity index (χ1v) is 7.41. The predicted molar refractivity (Wildman–Crippen MR) is 70.8 cm³/mol. The van der Waals surface area contributed by atoms with Gasteiger partial charge < -0.3 is 0 Å². The molecular weight excluding hydrogens is 262 g/mol. The van der Waals surface area contributed by atoms with Gasteiger partial charge in [0, 0.05) is 5.57 Å². The van der Waals surface area contributed by atoms with Crippen LogP contribution in [0.25, 0.3) is 0 Å². The molecule has 0 spiro atoms. The number of hydrogen-bond donors (Lipinski definition) is 0. The van der Waals surface area contributed by atoms with E-state index < -0.39 is 22.0 Å². The molecule has 1 fully saturated rings. The number of sulfonamides is 1. The van der Waals surface area contributed by atoms with Crippen LogP contribution < -0.4 is 0 Å². The lowest BCUT2D eigenvalue weighted by Crippen LogP contribution is -2.56. The topological polar surface area (TPSA) is 54.5 Å². The zero-order valence-corrected chi connectivity index (χ0v) is 11.4. The number of fused-ring (bicyclic) bond motifs is 1. The van der Waals surface area contributed by atoms with Crippen molar-refractivity contribution in [3.05, 3.63) is 53.1 Å². The summed E-state index contributed by atoms with van der Waals surface area (Å²) in [4.78, 5) is 12.1. The second-order valence-corrected chi connectivity index (χ2v) is 6.63. The number of aryl methyl sites for hydroxylation is 1. The average molecular weight is 275 g/mol. The summed E-state index contributed by atoms with van der Waals surface area (Å²) in [5.41, 5.74) is 2.42. The molecule has 1 unspecified atom stereocenters. The van der Waals surface area contributed by atoms with E-state index >= 15 is 0 Å². The van der Waals surface area contributed by atoms with E-state index in [9.17, 15) is 13.2 Å². The number of β-lactam (4-membered cyclic amide) rings is 1. The number of carbonyl (C=O) groups is 1. The lowest BCUT2D eigenvalue weighted by Gasteiger charge is -2.38. The standard InChI is InChI=1S/C14H13NO3S/c1-9-3-6-11(7-4-9)19(17,18)15-12-8-5-10(2)13(12)14(15)16/h3-8,12H,1-2H3. The second kappa shape index (κ2) is 3.81. The molecule has 1 aromatic carbocycles. The Labute approximate surface area is 112 Å². The highest BCUT2D eigenvalue weighted by atomic mass is 32.2.